The van der Waals surface area contributed by atoms with Gasteiger partial charge in [-0.15, -0.1) is 0 Å². The minimum absolute atomic E-state index is 0.194. The molecule has 0 aliphatic heterocycles. The van der Waals surface area contributed by atoms with E-state index in [-0.39, 0.29) is 11.2 Å². The summed E-state index contributed by atoms with van der Waals surface area (Å²) < 4.78 is 4.86. The fourth-order valence-electron chi connectivity index (χ4n) is 0.813. The van der Waals surface area contributed by atoms with Crippen LogP contribution in [0.4, 0.5) is 0 Å². The number of methoxy groups -OCH3 is 1. The Labute approximate surface area is 94.6 Å². The zero-order valence-electron chi connectivity index (χ0n) is 11.1. The summed E-state index contributed by atoms with van der Waals surface area (Å²) in [6, 6.07) is 0. The van der Waals surface area contributed by atoms with Crippen LogP contribution in [0.3, 0.4) is 0 Å². The molecular formula is C12H27NO2. The Morgan fingerprint density at radius 3 is 2.27 bits per heavy atom. The van der Waals surface area contributed by atoms with Gasteiger partial charge in [0.1, 0.15) is 0 Å². The zero-order chi connectivity index (χ0) is 12.3. The second-order valence-corrected chi connectivity index (χ2v) is 3.83. The molecule has 0 radical (unpaired) electrons. The molecule has 0 amide bonds. The SMILES string of the molecule is CC.CCC(C)(C)C(=O)CNCCOC. The van der Waals surface area contributed by atoms with Crippen LogP contribution >= 0.6 is 0 Å². The smallest absolute Gasteiger partial charge is 0.152 e. The number of nitrogens with one attached hydrogen (secondary N) is 1. The normalized spacial score (nSPS) is 10.5. The molecule has 0 rings (SSSR count). The first-order valence-electron chi connectivity index (χ1n) is 5.77. The van der Waals surface area contributed by atoms with E-state index in [9.17, 15) is 4.79 Å². The summed E-state index contributed by atoms with van der Waals surface area (Å²) in [7, 11) is 1.65. The highest BCUT2D eigenvalue weighted by Gasteiger charge is 2.23. The van der Waals surface area contributed by atoms with Crippen molar-refractivity contribution in [3.8, 4) is 0 Å². The fourth-order valence-corrected chi connectivity index (χ4v) is 0.813. The molecule has 0 atom stereocenters. The Balaban J connectivity index is 0. The number of Topliss-reactive ketones (excluding diaryl/α,β-unsaturated/α-hetero) is 1. The van der Waals surface area contributed by atoms with E-state index in [4.69, 9.17) is 4.74 Å². The Kier molecular flexibility index (Phi) is 11.5. The lowest BCUT2D eigenvalue weighted by Gasteiger charge is -2.20. The van der Waals surface area contributed by atoms with Crippen molar-refractivity contribution in [2.45, 2.75) is 41.0 Å². The largest absolute Gasteiger partial charge is 0.383 e. The van der Waals surface area contributed by atoms with Crippen molar-refractivity contribution in [1.29, 1.82) is 0 Å². The van der Waals surface area contributed by atoms with Gasteiger partial charge in [0.15, 0.2) is 5.78 Å². The van der Waals surface area contributed by atoms with Crippen LogP contribution in [0.25, 0.3) is 0 Å². The maximum absolute atomic E-state index is 11.6. The first-order valence-corrected chi connectivity index (χ1v) is 5.77. The summed E-state index contributed by atoms with van der Waals surface area (Å²) in [4.78, 5) is 11.6. The third-order valence-corrected chi connectivity index (χ3v) is 2.41. The molecule has 0 aliphatic rings. The van der Waals surface area contributed by atoms with E-state index in [1.807, 2.05) is 34.6 Å². The van der Waals surface area contributed by atoms with E-state index in [1.165, 1.54) is 0 Å². The van der Waals surface area contributed by atoms with Gasteiger partial charge in [0.25, 0.3) is 0 Å². The minimum atomic E-state index is -0.194. The van der Waals surface area contributed by atoms with E-state index in [2.05, 4.69) is 5.32 Å². The number of carbonyl (C=O) groups excluding carboxylic acids is 1. The van der Waals surface area contributed by atoms with Crippen molar-refractivity contribution < 1.29 is 9.53 Å². The summed E-state index contributed by atoms with van der Waals surface area (Å²) in [5.41, 5.74) is -0.194. The van der Waals surface area contributed by atoms with Gasteiger partial charge in [-0.3, -0.25) is 4.79 Å². The number of ether oxygens (including phenoxy) is 1. The van der Waals surface area contributed by atoms with E-state index in [0.29, 0.717) is 13.2 Å². The monoisotopic (exact) mass is 217 g/mol. The summed E-state index contributed by atoms with van der Waals surface area (Å²) in [6.45, 7) is 11.8. The fraction of sp³-hybridized carbons (Fsp3) is 0.917. The van der Waals surface area contributed by atoms with E-state index in [0.717, 1.165) is 13.0 Å². The van der Waals surface area contributed by atoms with E-state index < -0.39 is 0 Å². The molecule has 0 bridgehead atoms. The van der Waals surface area contributed by atoms with Crippen LogP contribution in [0, 0.1) is 5.41 Å². The van der Waals surface area contributed by atoms with Gasteiger partial charge in [0.05, 0.1) is 13.2 Å². The second-order valence-electron chi connectivity index (χ2n) is 3.83. The van der Waals surface area contributed by atoms with Gasteiger partial charge in [0, 0.05) is 19.1 Å². The molecular weight excluding hydrogens is 190 g/mol. The quantitative estimate of drug-likeness (QED) is 0.665. The maximum atomic E-state index is 11.6. The number of carbonyl (C=O) groups is 1. The van der Waals surface area contributed by atoms with Crippen LogP contribution in [-0.2, 0) is 9.53 Å². The Bertz CT molecular complexity index is 156. The lowest BCUT2D eigenvalue weighted by atomic mass is 9.85. The molecule has 0 aromatic heterocycles. The van der Waals surface area contributed by atoms with Crippen LogP contribution in [0.5, 0.6) is 0 Å². The van der Waals surface area contributed by atoms with E-state index >= 15 is 0 Å². The molecule has 3 heteroatoms. The lowest BCUT2D eigenvalue weighted by Crippen LogP contribution is -2.34. The molecule has 0 aromatic carbocycles. The van der Waals surface area contributed by atoms with Crippen LogP contribution in [-0.4, -0.2) is 32.6 Å². The number of rotatable bonds is 7. The van der Waals surface area contributed by atoms with Gasteiger partial charge in [0.2, 0.25) is 0 Å². The number of hydrogen-bond donors (Lipinski definition) is 1. The summed E-state index contributed by atoms with van der Waals surface area (Å²) in [6.07, 6.45) is 0.887. The maximum Gasteiger partial charge on any atom is 0.152 e. The van der Waals surface area contributed by atoms with Crippen molar-refractivity contribution in [1.82, 2.24) is 5.32 Å². The third-order valence-electron chi connectivity index (χ3n) is 2.41. The highest BCUT2D eigenvalue weighted by atomic mass is 16.5. The zero-order valence-corrected chi connectivity index (χ0v) is 11.1. The highest BCUT2D eigenvalue weighted by Crippen LogP contribution is 2.19. The van der Waals surface area contributed by atoms with Crippen LogP contribution in [0.15, 0.2) is 0 Å². The van der Waals surface area contributed by atoms with Gasteiger partial charge in [-0.25, -0.2) is 0 Å². The van der Waals surface area contributed by atoms with Crippen molar-refractivity contribution in [2.75, 3.05) is 26.8 Å². The molecule has 0 spiro atoms. The van der Waals surface area contributed by atoms with Crippen LogP contribution < -0.4 is 5.32 Å². The van der Waals surface area contributed by atoms with Gasteiger partial charge in [-0.05, 0) is 6.42 Å². The predicted octanol–water partition coefficient (Wildman–Crippen LogP) is 2.25. The summed E-state index contributed by atoms with van der Waals surface area (Å²) in [5, 5.41) is 3.05. The molecule has 0 saturated heterocycles. The van der Waals surface area contributed by atoms with Crippen molar-refractivity contribution in [3.63, 3.8) is 0 Å². The minimum Gasteiger partial charge on any atom is -0.383 e. The molecule has 0 aliphatic carbocycles. The first-order chi connectivity index (χ1) is 7.04. The molecule has 0 heterocycles. The summed E-state index contributed by atoms with van der Waals surface area (Å²) in [5.74, 6) is 0.270. The average molecular weight is 217 g/mol. The van der Waals surface area contributed by atoms with Gasteiger partial charge in [-0.1, -0.05) is 34.6 Å². The highest BCUT2D eigenvalue weighted by molar-refractivity contribution is 5.85. The van der Waals surface area contributed by atoms with Crippen molar-refractivity contribution >= 4 is 5.78 Å². The molecule has 1 N–H and O–H groups in total. The van der Waals surface area contributed by atoms with Crippen molar-refractivity contribution in [3.05, 3.63) is 0 Å². The molecule has 92 valence electrons. The van der Waals surface area contributed by atoms with Gasteiger partial charge in [-0.2, -0.15) is 0 Å². The van der Waals surface area contributed by atoms with Crippen LogP contribution in [0.2, 0.25) is 0 Å². The molecule has 15 heavy (non-hydrogen) atoms. The molecule has 0 aromatic rings. The molecule has 0 saturated carbocycles. The Hall–Kier alpha value is -0.410. The number of ketones is 1. The predicted molar refractivity (Wildman–Crippen MR) is 65.2 cm³/mol. The molecule has 3 nitrogen and oxygen atoms in total. The number of hydrogen-bond acceptors (Lipinski definition) is 3. The van der Waals surface area contributed by atoms with Gasteiger partial charge < -0.3 is 10.1 Å². The standard InChI is InChI=1S/C10H21NO2.C2H6/c1-5-10(2,3)9(12)8-11-6-7-13-4;1-2/h11H,5-8H2,1-4H3;1-2H3. The Morgan fingerprint density at radius 2 is 1.87 bits per heavy atom. The van der Waals surface area contributed by atoms with E-state index in [1.54, 1.807) is 7.11 Å². The molecule has 0 fully saturated rings. The van der Waals surface area contributed by atoms with Crippen molar-refractivity contribution in [2.24, 2.45) is 5.41 Å². The van der Waals surface area contributed by atoms with Gasteiger partial charge >= 0.3 is 0 Å². The third kappa shape index (κ3) is 8.58. The second kappa shape index (κ2) is 10.1. The van der Waals surface area contributed by atoms with Crippen LogP contribution in [0.1, 0.15) is 41.0 Å². The average Bonchev–Trinajstić information content (AvgIpc) is 2.26. The lowest BCUT2D eigenvalue weighted by molar-refractivity contribution is -0.126. The first kappa shape index (κ1) is 17.0. The Morgan fingerprint density at radius 1 is 1.33 bits per heavy atom. The summed E-state index contributed by atoms with van der Waals surface area (Å²) >= 11 is 0. The topological polar surface area (TPSA) is 38.3 Å². The molecule has 0 unspecified atom stereocenters.